The van der Waals surface area contributed by atoms with Gasteiger partial charge in [-0.05, 0) is 42.5 Å². The molecule has 5 nitrogen and oxygen atoms in total. The van der Waals surface area contributed by atoms with Gasteiger partial charge in [-0.25, -0.2) is 9.78 Å². The molecule has 2 aliphatic rings. The molecular formula is C18H26ClNO4. The highest BCUT2D eigenvalue weighted by Gasteiger charge is 2.50. The van der Waals surface area contributed by atoms with Gasteiger partial charge in [0.05, 0.1) is 0 Å². The molecule has 0 unspecified atom stereocenters. The Balaban J connectivity index is 1.69. The Morgan fingerprint density at radius 2 is 1.71 bits per heavy atom. The highest BCUT2D eigenvalue weighted by atomic mass is 35.5. The van der Waals surface area contributed by atoms with E-state index >= 15 is 0 Å². The molecule has 1 aromatic rings. The van der Waals surface area contributed by atoms with Crippen LogP contribution < -0.4 is 4.90 Å². The fourth-order valence-corrected chi connectivity index (χ4v) is 3.81. The zero-order valence-electron chi connectivity index (χ0n) is 14.5. The Labute approximate surface area is 148 Å². The molecule has 134 valence electrons. The summed E-state index contributed by atoms with van der Waals surface area (Å²) in [6.45, 7) is 7.13. The fourth-order valence-electron chi connectivity index (χ4n) is 3.69. The van der Waals surface area contributed by atoms with Crippen LogP contribution in [-0.4, -0.2) is 19.2 Å². The van der Waals surface area contributed by atoms with Crippen molar-refractivity contribution < 1.29 is 19.6 Å². The van der Waals surface area contributed by atoms with Crippen molar-refractivity contribution in [2.45, 2.75) is 45.8 Å². The lowest BCUT2D eigenvalue weighted by Gasteiger charge is -2.46. The first kappa shape index (κ1) is 18.0. The third-order valence-electron chi connectivity index (χ3n) is 4.98. The summed E-state index contributed by atoms with van der Waals surface area (Å²) >= 11 is 5.94. The summed E-state index contributed by atoms with van der Waals surface area (Å²) in [5.41, 5.74) is 0.931. The molecule has 1 saturated carbocycles. The molecule has 24 heavy (non-hydrogen) atoms. The van der Waals surface area contributed by atoms with Crippen LogP contribution in [0.2, 0.25) is 5.02 Å². The zero-order valence-corrected chi connectivity index (χ0v) is 15.3. The van der Waals surface area contributed by atoms with Crippen molar-refractivity contribution >= 4 is 17.3 Å². The molecule has 6 heteroatoms. The molecule has 0 radical (unpaired) electrons. The van der Waals surface area contributed by atoms with E-state index in [4.69, 9.17) is 31.2 Å². The first-order valence-electron chi connectivity index (χ1n) is 8.62. The second-order valence-electron chi connectivity index (χ2n) is 7.23. The van der Waals surface area contributed by atoms with Crippen LogP contribution in [0, 0.1) is 17.8 Å². The molecule has 1 aliphatic heterocycles. The van der Waals surface area contributed by atoms with Gasteiger partial charge in [0.1, 0.15) is 0 Å². The second-order valence-corrected chi connectivity index (χ2v) is 7.66. The molecule has 1 heterocycles. The van der Waals surface area contributed by atoms with Crippen LogP contribution in [0.5, 0.6) is 0 Å². The van der Waals surface area contributed by atoms with E-state index < -0.39 is 5.79 Å². The van der Waals surface area contributed by atoms with Gasteiger partial charge in [-0.1, -0.05) is 38.8 Å². The number of hydrogen-bond donors (Lipinski definition) is 0. The summed E-state index contributed by atoms with van der Waals surface area (Å²) in [6.07, 6.45) is 3.00. The third-order valence-corrected chi connectivity index (χ3v) is 5.23. The minimum atomic E-state index is -0.822. The maximum Gasteiger partial charge on any atom is 0.237 e. The lowest BCUT2D eigenvalue weighted by Crippen LogP contribution is -2.52. The molecule has 3 rings (SSSR count). The smallest absolute Gasteiger partial charge is 0.237 e. The predicted octanol–water partition coefficient (Wildman–Crippen LogP) is 4.76. The molecule has 1 saturated heterocycles. The molecule has 1 aromatic carbocycles. The van der Waals surface area contributed by atoms with E-state index in [2.05, 4.69) is 20.8 Å². The first-order valence-corrected chi connectivity index (χ1v) is 9.00. The van der Waals surface area contributed by atoms with Crippen molar-refractivity contribution in [3.63, 3.8) is 0 Å². The van der Waals surface area contributed by atoms with Gasteiger partial charge >= 0.3 is 0 Å². The molecule has 2 fully saturated rings. The van der Waals surface area contributed by atoms with E-state index in [-0.39, 0.29) is 19.4 Å². The lowest BCUT2D eigenvalue weighted by atomic mass is 9.73. The first-order chi connectivity index (χ1) is 11.5. The number of rotatable bonds is 2. The van der Waals surface area contributed by atoms with Gasteiger partial charge in [0, 0.05) is 23.0 Å². The summed E-state index contributed by atoms with van der Waals surface area (Å²) in [7, 11) is 0. The van der Waals surface area contributed by atoms with E-state index in [1.54, 1.807) is 0 Å². The summed E-state index contributed by atoms with van der Waals surface area (Å²) in [5, 5.41) is 0.690. The minimum Gasteiger partial charge on any atom is -0.320 e. The minimum absolute atomic E-state index is 0.246. The molecule has 1 aliphatic carbocycles. The SMILES string of the molecule is CC(C)[C@@H]1CC[C@@H](C)CC12OOCN(c1ccc(Cl)cc1)COO2. The Hall–Kier alpha value is -0.850. The monoisotopic (exact) mass is 355 g/mol. The molecule has 0 N–H and O–H groups in total. The van der Waals surface area contributed by atoms with Gasteiger partial charge in [0.2, 0.25) is 5.79 Å². The van der Waals surface area contributed by atoms with Crippen molar-refractivity contribution in [2.75, 3.05) is 18.4 Å². The third kappa shape index (κ3) is 3.86. The Morgan fingerprint density at radius 1 is 1.08 bits per heavy atom. The lowest BCUT2D eigenvalue weighted by molar-refractivity contribution is -0.542. The highest BCUT2D eigenvalue weighted by molar-refractivity contribution is 6.30. The summed E-state index contributed by atoms with van der Waals surface area (Å²) < 4.78 is 0. The van der Waals surface area contributed by atoms with Crippen molar-refractivity contribution in [1.82, 2.24) is 0 Å². The topological polar surface area (TPSA) is 40.2 Å². The number of hydrogen-bond acceptors (Lipinski definition) is 5. The van der Waals surface area contributed by atoms with Gasteiger partial charge in [0.25, 0.3) is 0 Å². The van der Waals surface area contributed by atoms with E-state index in [9.17, 15) is 0 Å². The Bertz CT molecular complexity index is 526. The molecular weight excluding hydrogens is 330 g/mol. The average molecular weight is 356 g/mol. The van der Waals surface area contributed by atoms with E-state index in [1.807, 2.05) is 29.2 Å². The normalized spacial score (nSPS) is 28.0. The zero-order chi connectivity index (χ0) is 17.2. The maximum absolute atomic E-state index is 5.94. The molecule has 0 bridgehead atoms. The summed E-state index contributed by atoms with van der Waals surface area (Å²) in [4.78, 5) is 24.7. The Morgan fingerprint density at radius 3 is 2.29 bits per heavy atom. The van der Waals surface area contributed by atoms with Crippen LogP contribution in [0.3, 0.4) is 0 Å². The molecule has 0 amide bonds. The van der Waals surface area contributed by atoms with Crippen molar-refractivity contribution in [3.05, 3.63) is 29.3 Å². The van der Waals surface area contributed by atoms with Crippen LogP contribution in [0.4, 0.5) is 5.69 Å². The quantitative estimate of drug-likeness (QED) is 0.715. The van der Waals surface area contributed by atoms with Gasteiger partial charge in [-0.3, -0.25) is 0 Å². The summed E-state index contributed by atoms with van der Waals surface area (Å²) in [6, 6.07) is 7.48. The number of nitrogens with zero attached hydrogens (tertiary/aromatic N) is 1. The summed E-state index contributed by atoms with van der Waals surface area (Å²) in [5.74, 6) is 0.365. The van der Waals surface area contributed by atoms with E-state index in [0.717, 1.165) is 18.5 Å². The van der Waals surface area contributed by atoms with Crippen LogP contribution in [-0.2, 0) is 19.6 Å². The van der Waals surface area contributed by atoms with Crippen LogP contribution in [0.15, 0.2) is 24.3 Å². The van der Waals surface area contributed by atoms with Gasteiger partial charge in [0.15, 0.2) is 13.5 Å². The molecule has 2 atom stereocenters. The van der Waals surface area contributed by atoms with Crippen molar-refractivity contribution in [1.29, 1.82) is 0 Å². The molecule has 1 spiro atoms. The maximum atomic E-state index is 5.94. The van der Waals surface area contributed by atoms with Crippen LogP contribution in [0.1, 0.15) is 40.0 Å². The standard InChI is InChI=1S/C18H26ClNO4/c1-13(2)17-9-4-14(3)10-18(17)23-21-11-20(12-22-24-18)16-7-5-15(19)6-8-16/h5-8,13-14,17H,4,9-12H2,1-3H3/t14-,17+/m1/s1. The fraction of sp³-hybridized carbons (Fsp3) is 0.667. The number of benzene rings is 1. The second kappa shape index (κ2) is 7.58. The largest absolute Gasteiger partial charge is 0.320 e. The average Bonchev–Trinajstić information content (AvgIpc) is 2.52. The van der Waals surface area contributed by atoms with Gasteiger partial charge in [-0.2, -0.15) is 9.78 Å². The van der Waals surface area contributed by atoms with Gasteiger partial charge < -0.3 is 4.90 Å². The Kier molecular flexibility index (Phi) is 5.67. The van der Waals surface area contributed by atoms with Crippen molar-refractivity contribution in [2.24, 2.45) is 17.8 Å². The van der Waals surface area contributed by atoms with E-state index in [1.165, 1.54) is 6.42 Å². The van der Waals surface area contributed by atoms with Gasteiger partial charge in [-0.15, -0.1) is 0 Å². The predicted molar refractivity (Wildman–Crippen MR) is 92.1 cm³/mol. The number of anilines is 1. The highest BCUT2D eigenvalue weighted by Crippen LogP contribution is 2.45. The van der Waals surface area contributed by atoms with Crippen LogP contribution >= 0.6 is 11.6 Å². The van der Waals surface area contributed by atoms with Crippen LogP contribution in [0.25, 0.3) is 0 Å². The molecule has 0 aromatic heterocycles. The van der Waals surface area contributed by atoms with E-state index in [0.29, 0.717) is 16.9 Å². The number of halogens is 1. The van der Waals surface area contributed by atoms with Crippen molar-refractivity contribution in [3.8, 4) is 0 Å².